The molecule has 4 heteroatoms. The first kappa shape index (κ1) is 13.4. The maximum absolute atomic E-state index is 12.8. The smallest absolute Gasteiger partial charge is 0.123 e. The zero-order chi connectivity index (χ0) is 13.1. The second-order valence-corrected chi connectivity index (χ2v) is 5.44. The summed E-state index contributed by atoms with van der Waals surface area (Å²) in [5.41, 5.74) is 0.781. The Kier molecular flexibility index (Phi) is 4.27. The number of rotatable bonds is 3. The van der Waals surface area contributed by atoms with Gasteiger partial charge in [-0.2, -0.15) is 0 Å². The van der Waals surface area contributed by atoms with Gasteiger partial charge >= 0.3 is 0 Å². The second-order valence-electron chi connectivity index (χ2n) is 3.92. The molecule has 0 bridgehead atoms. The molecule has 0 fully saturated rings. The first-order valence-corrected chi connectivity index (χ1v) is 6.66. The van der Waals surface area contributed by atoms with Crippen molar-refractivity contribution in [3.05, 3.63) is 58.9 Å². The van der Waals surface area contributed by atoms with E-state index in [9.17, 15) is 9.50 Å². The maximum atomic E-state index is 12.8. The topological polar surface area (TPSA) is 20.2 Å². The molecule has 0 aliphatic rings. The van der Waals surface area contributed by atoms with Gasteiger partial charge in [-0.15, -0.1) is 0 Å². The Labute approximate surface area is 115 Å². The molecule has 0 aromatic heterocycles. The zero-order valence-electron chi connectivity index (χ0n) is 9.73. The van der Waals surface area contributed by atoms with E-state index < -0.39 is 6.10 Å². The van der Waals surface area contributed by atoms with Crippen LogP contribution in [0, 0.1) is 5.82 Å². The van der Waals surface area contributed by atoms with Crippen LogP contribution in [0.5, 0.6) is 0 Å². The van der Waals surface area contributed by atoms with Crippen molar-refractivity contribution in [1.29, 1.82) is 0 Å². The summed E-state index contributed by atoms with van der Waals surface area (Å²) in [6.45, 7) is 1.69. The lowest BCUT2D eigenvalue weighted by molar-refractivity contribution is 0.199. The molecule has 1 unspecified atom stereocenters. The molecule has 1 atom stereocenters. The van der Waals surface area contributed by atoms with Gasteiger partial charge in [-0.05, 0) is 48.9 Å². The highest BCUT2D eigenvalue weighted by Crippen LogP contribution is 2.34. The molecule has 1 N–H and O–H groups in total. The lowest BCUT2D eigenvalue weighted by Gasteiger charge is -2.08. The Morgan fingerprint density at radius 1 is 1.17 bits per heavy atom. The number of hydrogen-bond donors (Lipinski definition) is 1. The van der Waals surface area contributed by atoms with E-state index >= 15 is 0 Å². The lowest BCUT2D eigenvalue weighted by atomic mass is 10.1. The highest BCUT2D eigenvalue weighted by Gasteiger charge is 2.07. The van der Waals surface area contributed by atoms with Crippen LogP contribution in [0.4, 0.5) is 4.39 Å². The van der Waals surface area contributed by atoms with Crippen LogP contribution in [0.25, 0.3) is 0 Å². The monoisotopic (exact) mass is 282 g/mol. The SMILES string of the molecule is CC(O)c1ccc(Sc2ccc(F)cc2)c(Cl)c1. The maximum Gasteiger partial charge on any atom is 0.123 e. The summed E-state index contributed by atoms with van der Waals surface area (Å²) >= 11 is 7.61. The van der Waals surface area contributed by atoms with Crippen molar-refractivity contribution < 1.29 is 9.50 Å². The highest BCUT2D eigenvalue weighted by atomic mass is 35.5. The van der Waals surface area contributed by atoms with Gasteiger partial charge < -0.3 is 5.11 Å². The normalized spacial score (nSPS) is 12.4. The number of aliphatic hydroxyl groups excluding tert-OH is 1. The fraction of sp³-hybridized carbons (Fsp3) is 0.143. The largest absolute Gasteiger partial charge is 0.389 e. The zero-order valence-corrected chi connectivity index (χ0v) is 11.3. The van der Waals surface area contributed by atoms with Gasteiger partial charge in [0.15, 0.2) is 0 Å². The first-order chi connectivity index (χ1) is 8.56. The lowest BCUT2D eigenvalue weighted by Crippen LogP contribution is -1.90. The van der Waals surface area contributed by atoms with Crippen LogP contribution in [0.1, 0.15) is 18.6 Å². The highest BCUT2D eigenvalue weighted by molar-refractivity contribution is 7.99. The molecule has 2 aromatic rings. The molecule has 2 rings (SSSR count). The molecule has 0 amide bonds. The van der Waals surface area contributed by atoms with E-state index in [4.69, 9.17) is 11.6 Å². The molecule has 0 saturated heterocycles. The third-order valence-electron chi connectivity index (χ3n) is 2.48. The van der Waals surface area contributed by atoms with E-state index in [0.29, 0.717) is 5.02 Å². The summed E-state index contributed by atoms with van der Waals surface area (Å²) in [5.74, 6) is -0.255. The Morgan fingerprint density at radius 2 is 1.83 bits per heavy atom. The van der Waals surface area contributed by atoms with Gasteiger partial charge in [0.05, 0.1) is 11.1 Å². The van der Waals surface area contributed by atoms with Crippen molar-refractivity contribution in [3.8, 4) is 0 Å². The van der Waals surface area contributed by atoms with Crippen molar-refractivity contribution in [2.75, 3.05) is 0 Å². The molecule has 18 heavy (non-hydrogen) atoms. The van der Waals surface area contributed by atoms with Gasteiger partial charge in [-0.3, -0.25) is 0 Å². The fourth-order valence-corrected chi connectivity index (χ4v) is 2.61. The van der Waals surface area contributed by atoms with Gasteiger partial charge in [0.2, 0.25) is 0 Å². The van der Waals surface area contributed by atoms with E-state index in [1.54, 1.807) is 25.1 Å². The summed E-state index contributed by atoms with van der Waals surface area (Å²) in [4.78, 5) is 1.80. The van der Waals surface area contributed by atoms with Gasteiger partial charge in [-0.1, -0.05) is 29.4 Å². The molecule has 0 heterocycles. The molecule has 0 aliphatic heterocycles. The van der Waals surface area contributed by atoms with Gasteiger partial charge in [0.25, 0.3) is 0 Å². The van der Waals surface area contributed by atoms with Crippen LogP contribution >= 0.6 is 23.4 Å². The van der Waals surface area contributed by atoms with E-state index in [0.717, 1.165) is 15.4 Å². The Hall–Kier alpha value is -1.03. The third kappa shape index (κ3) is 3.25. The van der Waals surface area contributed by atoms with Crippen LogP contribution in [-0.2, 0) is 0 Å². The molecule has 2 aromatic carbocycles. The minimum atomic E-state index is -0.535. The van der Waals surface area contributed by atoms with E-state index in [-0.39, 0.29) is 5.82 Å². The van der Waals surface area contributed by atoms with E-state index in [2.05, 4.69) is 0 Å². The standard InChI is InChI=1S/C14H12ClFOS/c1-9(17)10-2-7-14(13(15)8-10)18-12-5-3-11(16)4-6-12/h2-9,17H,1H3. The van der Waals surface area contributed by atoms with Gasteiger partial charge in [0.1, 0.15) is 5.82 Å². The molecule has 94 valence electrons. The summed E-state index contributed by atoms with van der Waals surface area (Å²) < 4.78 is 12.8. The first-order valence-electron chi connectivity index (χ1n) is 5.47. The van der Waals surface area contributed by atoms with Crippen LogP contribution in [-0.4, -0.2) is 5.11 Å². The van der Waals surface area contributed by atoms with Crippen LogP contribution in [0.2, 0.25) is 5.02 Å². The summed E-state index contributed by atoms with van der Waals surface area (Å²) in [6, 6.07) is 11.7. The third-order valence-corrected chi connectivity index (χ3v) is 3.99. The Bertz CT molecular complexity index is 540. The average molecular weight is 283 g/mol. The quantitative estimate of drug-likeness (QED) is 0.882. The van der Waals surface area contributed by atoms with Crippen LogP contribution < -0.4 is 0 Å². The predicted molar refractivity (Wildman–Crippen MR) is 72.6 cm³/mol. The van der Waals surface area contributed by atoms with Crippen molar-refractivity contribution in [1.82, 2.24) is 0 Å². The summed E-state index contributed by atoms with van der Waals surface area (Å²) in [7, 11) is 0. The van der Waals surface area contributed by atoms with Crippen molar-refractivity contribution in [3.63, 3.8) is 0 Å². The molecule has 0 aliphatic carbocycles. The second kappa shape index (κ2) is 5.74. The molecule has 1 nitrogen and oxygen atoms in total. The van der Waals surface area contributed by atoms with Crippen LogP contribution in [0.15, 0.2) is 52.3 Å². The minimum absolute atomic E-state index is 0.255. The van der Waals surface area contributed by atoms with E-state index in [1.165, 1.54) is 23.9 Å². The average Bonchev–Trinajstić information content (AvgIpc) is 2.34. The number of halogens is 2. The predicted octanol–water partition coefficient (Wildman–Crippen LogP) is 4.68. The summed E-state index contributed by atoms with van der Waals surface area (Å²) in [5, 5.41) is 10.0. The van der Waals surface area contributed by atoms with Crippen LogP contribution in [0.3, 0.4) is 0 Å². The Balaban J connectivity index is 2.22. The van der Waals surface area contributed by atoms with Crippen molar-refractivity contribution in [2.45, 2.75) is 22.8 Å². The number of hydrogen-bond acceptors (Lipinski definition) is 2. The Morgan fingerprint density at radius 3 is 2.39 bits per heavy atom. The molecule has 0 spiro atoms. The molecule has 0 radical (unpaired) electrons. The van der Waals surface area contributed by atoms with E-state index in [1.807, 2.05) is 12.1 Å². The minimum Gasteiger partial charge on any atom is -0.389 e. The van der Waals surface area contributed by atoms with Crippen molar-refractivity contribution in [2.24, 2.45) is 0 Å². The fourth-order valence-electron chi connectivity index (χ4n) is 1.49. The molecular weight excluding hydrogens is 271 g/mol. The van der Waals surface area contributed by atoms with Crippen molar-refractivity contribution >= 4 is 23.4 Å². The molecule has 0 saturated carbocycles. The van der Waals surface area contributed by atoms with Gasteiger partial charge in [0, 0.05) is 9.79 Å². The molecular formula is C14H12ClFOS. The number of benzene rings is 2. The summed E-state index contributed by atoms with van der Waals surface area (Å²) in [6.07, 6.45) is -0.535. The number of aliphatic hydroxyl groups is 1. The van der Waals surface area contributed by atoms with Gasteiger partial charge in [-0.25, -0.2) is 4.39 Å².